The van der Waals surface area contributed by atoms with Gasteiger partial charge in [-0.2, -0.15) is 13.2 Å². The van der Waals surface area contributed by atoms with Crippen LogP contribution in [-0.2, 0) is 0 Å². The molecule has 0 spiro atoms. The zero-order valence-electron chi connectivity index (χ0n) is 11.1. The van der Waals surface area contributed by atoms with Crippen molar-refractivity contribution in [1.82, 2.24) is 10.2 Å². The van der Waals surface area contributed by atoms with Gasteiger partial charge in [0.25, 0.3) is 0 Å². The fourth-order valence-electron chi connectivity index (χ4n) is 1.72. The quantitative estimate of drug-likeness (QED) is 0.680. The Morgan fingerprint density at radius 1 is 1.18 bits per heavy atom. The fourth-order valence-corrected chi connectivity index (χ4v) is 1.72. The molecule has 0 rings (SSSR count). The minimum atomic E-state index is -4.05. The van der Waals surface area contributed by atoms with Crippen LogP contribution >= 0.6 is 0 Å². The second-order valence-corrected chi connectivity index (χ2v) is 4.39. The lowest BCUT2D eigenvalue weighted by Crippen LogP contribution is -2.31. The summed E-state index contributed by atoms with van der Waals surface area (Å²) < 4.78 is 35.7. The Bertz CT molecular complexity index is 179. The highest BCUT2D eigenvalue weighted by molar-refractivity contribution is 4.64. The van der Waals surface area contributed by atoms with Crippen LogP contribution < -0.4 is 5.32 Å². The van der Waals surface area contributed by atoms with Crippen LogP contribution in [0.5, 0.6) is 0 Å². The third kappa shape index (κ3) is 10.6. The van der Waals surface area contributed by atoms with E-state index in [1.54, 1.807) is 0 Å². The van der Waals surface area contributed by atoms with Crippen LogP contribution in [-0.4, -0.2) is 43.3 Å². The van der Waals surface area contributed by atoms with Crippen molar-refractivity contribution in [3.8, 4) is 0 Å². The summed E-state index contributed by atoms with van der Waals surface area (Å²) in [5, 5.41) is 2.91. The first-order chi connectivity index (χ1) is 7.89. The third-order valence-corrected chi connectivity index (χ3v) is 2.91. The lowest BCUT2D eigenvalue weighted by molar-refractivity contribution is -0.133. The topological polar surface area (TPSA) is 15.3 Å². The molecule has 2 nitrogen and oxygen atoms in total. The first-order valence-electron chi connectivity index (χ1n) is 6.41. The smallest absolute Gasteiger partial charge is 0.314 e. The average molecular weight is 254 g/mol. The van der Waals surface area contributed by atoms with Gasteiger partial charge in [0, 0.05) is 12.6 Å². The van der Waals surface area contributed by atoms with Gasteiger partial charge in [0.1, 0.15) is 0 Å². The monoisotopic (exact) mass is 254 g/mol. The first-order valence-corrected chi connectivity index (χ1v) is 6.41. The molecule has 17 heavy (non-hydrogen) atoms. The van der Waals surface area contributed by atoms with Gasteiger partial charge in [-0.3, -0.25) is 0 Å². The molecule has 104 valence electrons. The molecule has 1 unspecified atom stereocenters. The van der Waals surface area contributed by atoms with Gasteiger partial charge in [0.15, 0.2) is 0 Å². The minimum absolute atomic E-state index is 0.0237. The van der Waals surface area contributed by atoms with Crippen LogP contribution in [0.2, 0.25) is 0 Å². The third-order valence-electron chi connectivity index (χ3n) is 2.91. The molecule has 0 saturated heterocycles. The summed E-state index contributed by atoms with van der Waals surface area (Å²) in [4.78, 5) is 2.32. The van der Waals surface area contributed by atoms with Gasteiger partial charge in [-0.25, -0.2) is 0 Å². The minimum Gasteiger partial charge on any atom is -0.314 e. The van der Waals surface area contributed by atoms with Crippen LogP contribution in [0.3, 0.4) is 0 Å². The molecule has 0 aromatic rings. The van der Waals surface area contributed by atoms with Crippen LogP contribution in [0.15, 0.2) is 0 Å². The van der Waals surface area contributed by atoms with Crippen molar-refractivity contribution < 1.29 is 13.2 Å². The number of rotatable bonds is 9. The molecule has 0 saturated carbocycles. The van der Waals surface area contributed by atoms with Gasteiger partial charge in [0.2, 0.25) is 0 Å². The Labute approximate surface area is 103 Å². The molecule has 0 aromatic carbocycles. The number of hydrogen-bond donors (Lipinski definition) is 1. The molecular formula is C12H25F3N2. The lowest BCUT2D eigenvalue weighted by Gasteiger charge is -2.20. The van der Waals surface area contributed by atoms with E-state index in [0.29, 0.717) is 0 Å². The molecule has 0 fully saturated rings. The molecule has 0 amide bonds. The number of nitrogens with zero attached hydrogens (tertiary/aromatic N) is 1. The number of halogens is 3. The second-order valence-electron chi connectivity index (χ2n) is 4.39. The Morgan fingerprint density at radius 2 is 1.76 bits per heavy atom. The van der Waals surface area contributed by atoms with Crippen molar-refractivity contribution >= 4 is 0 Å². The molecule has 0 aliphatic rings. The van der Waals surface area contributed by atoms with Crippen LogP contribution in [0.1, 0.15) is 40.0 Å². The van der Waals surface area contributed by atoms with Crippen molar-refractivity contribution in [3.05, 3.63) is 0 Å². The highest BCUT2D eigenvalue weighted by atomic mass is 19.4. The standard InChI is InChI=1S/C12H25F3N2/c1-4-17(5-2)10-6-7-11(3)16-9-8-12(13,14)15/h11,16H,4-10H2,1-3H3. The highest BCUT2D eigenvalue weighted by Crippen LogP contribution is 2.18. The SMILES string of the molecule is CCN(CC)CCCC(C)NCCC(F)(F)F. The molecule has 0 aliphatic carbocycles. The Hall–Kier alpha value is -0.290. The highest BCUT2D eigenvalue weighted by Gasteiger charge is 2.26. The van der Waals surface area contributed by atoms with Gasteiger partial charge >= 0.3 is 6.18 Å². The van der Waals surface area contributed by atoms with E-state index >= 15 is 0 Å². The predicted molar refractivity (Wildman–Crippen MR) is 65.2 cm³/mol. The number of nitrogens with one attached hydrogen (secondary N) is 1. The molecule has 0 aromatic heterocycles. The van der Waals surface area contributed by atoms with Crippen molar-refractivity contribution in [2.45, 2.75) is 52.3 Å². The second kappa shape index (κ2) is 8.75. The zero-order chi connectivity index (χ0) is 13.3. The Kier molecular flexibility index (Phi) is 8.60. The molecule has 1 N–H and O–H groups in total. The molecule has 0 heterocycles. The summed E-state index contributed by atoms with van der Waals surface area (Å²) in [6.07, 6.45) is -2.84. The molecule has 0 bridgehead atoms. The van der Waals surface area contributed by atoms with E-state index in [-0.39, 0.29) is 12.6 Å². The summed E-state index contributed by atoms with van der Waals surface area (Å²) in [6, 6.07) is 0.160. The van der Waals surface area contributed by atoms with Crippen molar-refractivity contribution in [2.75, 3.05) is 26.2 Å². The molecule has 0 radical (unpaired) electrons. The van der Waals surface area contributed by atoms with Gasteiger partial charge in [0.05, 0.1) is 6.42 Å². The zero-order valence-corrected chi connectivity index (χ0v) is 11.1. The summed E-state index contributed by atoms with van der Waals surface area (Å²) >= 11 is 0. The number of alkyl halides is 3. The Balaban J connectivity index is 3.49. The van der Waals surface area contributed by atoms with Gasteiger partial charge < -0.3 is 10.2 Å². The molecule has 1 atom stereocenters. The average Bonchev–Trinajstić information content (AvgIpc) is 2.22. The number of hydrogen-bond acceptors (Lipinski definition) is 2. The van der Waals surface area contributed by atoms with Crippen LogP contribution in [0.4, 0.5) is 13.2 Å². The largest absolute Gasteiger partial charge is 0.390 e. The maximum Gasteiger partial charge on any atom is 0.390 e. The van der Waals surface area contributed by atoms with E-state index in [4.69, 9.17) is 0 Å². The van der Waals surface area contributed by atoms with E-state index in [1.807, 2.05) is 6.92 Å². The summed E-state index contributed by atoms with van der Waals surface area (Å²) in [5.74, 6) is 0. The maximum atomic E-state index is 11.9. The maximum absolute atomic E-state index is 11.9. The molecule has 0 aliphatic heterocycles. The van der Waals surface area contributed by atoms with E-state index < -0.39 is 12.6 Å². The van der Waals surface area contributed by atoms with E-state index in [0.717, 1.165) is 32.5 Å². The molecular weight excluding hydrogens is 229 g/mol. The fraction of sp³-hybridized carbons (Fsp3) is 1.00. The lowest BCUT2D eigenvalue weighted by atomic mass is 10.1. The van der Waals surface area contributed by atoms with Gasteiger partial charge in [-0.15, -0.1) is 0 Å². The van der Waals surface area contributed by atoms with E-state index in [2.05, 4.69) is 24.1 Å². The van der Waals surface area contributed by atoms with Crippen molar-refractivity contribution in [1.29, 1.82) is 0 Å². The van der Waals surface area contributed by atoms with Gasteiger partial charge in [-0.05, 0) is 39.4 Å². The summed E-state index contributed by atoms with van der Waals surface area (Å²) in [6.45, 7) is 9.30. The van der Waals surface area contributed by atoms with Crippen LogP contribution in [0.25, 0.3) is 0 Å². The first kappa shape index (κ1) is 16.7. The molecule has 5 heteroatoms. The summed E-state index contributed by atoms with van der Waals surface area (Å²) in [7, 11) is 0. The summed E-state index contributed by atoms with van der Waals surface area (Å²) in [5.41, 5.74) is 0. The predicted octanol–water partition coefficient (Wildman–Crippen LogP) is 3.04. The van der Waals surface area contributed by atoms with Crippen LogP contribution in [0, 0.1) is 0 Å². The van der Waals surface area contributed by atoms with Gasteiger partial charge in [-0.1, -0.05) is 13.8 Å². The van der Waals surface area contributed by atoms with E-state index in [1.165, 1.54) is 0 Å². The Morgan fingerprint density at radius 3 is 2.24 bits per heavy atom. The van der Waals surface area contributed by atoms with E-state index in [9.17, 15) is 13.2 Å². The van der Waals surface area contributed by atoms with Crippen molar-refractivity contribution in [3.63, 3.8) is 0 Å². The van der Waals surface area contributed by atoms with Crippen molar-refractivity contribution in [2.24, 2.45) is 0 Å². The normalized spacial score (nSPS) is 14.3.